The minimum Gasteiger partial charge on any atom is -0.396 e. The van der Waals surface area contributed by atoms with Gasteiger partial charge in [0.2, 0.25) is 0 Å². The van der Waals surface area contributed by atoms with Crippen molar-refractivity contribution in [2.75, 3.05) is 17.7 Å². The molecule has 0 saturated carbocycles. The van der Waals surface area contributed by atoms with Crippen LogP contribution >= 0.6 is 27.7 Å². The van der Waals surface area contributed by atoms with Gasteiger partial charge in [-0.05, 0) is 24.6 Å². The number of halogens is 1. The van der Waals surface area contributed by atoms with Crippen molar-refractivity contribution >= 4 is 33.4 Å². The van der Waals surface area contributed by atoms with Gasteiger partial charge in [0.1, 0.15) is 0 Å². The molecule has 1 aromatic carbocycles. The minimum atomic E-state index is 0.254. The Morgan fingerprint density at radius 1 is 1.57 bits per heavy atom. The van der Waals surface area contributed by atoms with Crippen LogP contribution in [0.4, 0.5) is 5.69 Å². The lowest BCUT2D eigenvalue weighted by Crippen LogP contribution is -2.26. The Hall–Kier alpha value is -0.190. The van der Waals surface area contributed by atoms with Crippen molar-refractivity contribution < 1.29 is 5.11 Å². The quantitative estimate of drug-likeness (QED) is 0.869. The van der Waals surface area contributed by atoms with Crippen LogP contribution in [0.25, 0.3) is 0 Å². The molecule has 0 saturated heterocycles. The smallest absolute Gasteiger partial charge is 0.0481 e. The Labute approximate surface area is 96.2 Å². The molecule has 2 rings (SSSR count). The second kappa shape index (κ2) is 4.55. The molecule has 0 bridgehead atoms. The van der Waals surface area contributed by atoms with E-state index in [0.717, 1.165) is 16.6 Å². The molecule has 1 unspecified atom stereocenters. The van der Waals surface area contributed by atoms with Crippen molar-refractivity contribution in [1.29, 1.82) is 0 Å². The van der Waals surface area contributed by atoms with Crippen molar-refractivity contribution in [2.45, 2.75) is 17.4 Å². The van der Waals surface area contributed by atoms with Crippen molar-refractivity contribution in [3.05, 3.63) is 22.7 Å². The molecule has 1 aliphatic heterocycles. The highest BCUT2D eigenvalue weighted by Gasteiger charge is 2.17. The Morgan fingerprint density at radius 3 is 3.21 bits per heavy atom. The van der Waals surface area contributed by atoms with E-state index in [0.29, 0.717) is 6.04 Å². The lowest BCUT2D eigenvalue weighted by Gasteiger charge is -2.26. The van der Waals surface area contributed by atoms with Gasteiger partial charge in [-0.1, -0.05) is 15.9 Å². The number of rotatable bonds is 2. The number of nitrogens with one attached hydrogen (secondary N) is 1. The summed E-state index contributed by atoms with van der Waals surface area (Å²) in [7, 11) is 0. The molecule has 1 heterocycles. The van der Waals surface area contributed by atoms with E-state index in [1.807, 2.05) is 17.8 Å². The van der Waals surface area contributed by atoms with Crippen LogP contribution in [-0.4, -0.2) is 23.5 Å². The molecule has 4 heteroatoms. The summed E-state index contributed by atoms with van der Waals surface area (Å²) >= 11 is 5.30. The van der Waals surface area contributed by atoms with E-state index in [9.17, 15) is 0 Å². The summed E-state index contributed by atoms with van der Waals surface area (Å²) in [5.41, 5.74) is 1.18. The van der Waals surface area contributed by atoms with Crippen LogP contribution in [0.3, 0.4) is 0 Å². The monoisotopic (exact) mass is 273 g/mol. The highest BCUT2D eigenvalue weighted by molar-refractivity contribution is 9.10. The van der Waals surface area contributed by atoms with Crippen LogP contribution in [0, 0.1) is 0 Å². The zero-order valence-electron chi connectivity index (χ0n) is 7.66. The molecule has 14 heavy (non-hydrogen) atoms. The molecule has 1 atom stereocenters. The molecule has 2 nitrogen and oxygen atoms in total. The second-order valence-electron chi connectivity index (χ2n) is 3.31. The van der Waals surface area contributed by atoms with E-state index in [2.05, 4.69) is 33.4 Å². The summed E-state index contributed by atoms with van der Waals surface area (Å²) < 4.78 is 1.12. The zero-order chi connectivity index (χ0) is 9.97. The molecule has 2 N–H and O–H groups in total. The molecule has 0 radical (unpaired) electrons. The van der Waals surface area contributed by atoms with Crippen LogP contribution in [-0.2, 0) is 0 Å². The van der Waals surface area contributed by atoms with Gasteiger partial charge in [-0.2, -0.15) is 0 Å². The Morgan fingerprint density at radius 2 is 2.43 bits per heavy atom. The average Bonchev–Trinajstić information content (AvgIpc) is 2.19. The van der Waals surface area contributed by atoms with E-state index in [1.54, 1.807) is 0 Å². The van der Waals surface area contributed by atoms with Crippen molar-refractivity contribution in [3.63, 3.8) is 0 Å². The number of aliphatic hydroxyl groups excluding tert-OH is 1. The molecule has 1 aliphatic rings. The first-order chi connectivity index (χ1) is 6.79. The predicted molar refractivity (Wildman–Crippen MR) is 64.0 cm³/mol. The van der Waals surface area contributed by atoms with Crippen LogP contribution in [0.2, 0.25) is 0 Å². The molecule has 0 spiro atoms. The van der Waals surface area contributed by atoms with Gasteiger partial charge in [-0.15, -0.1) is 11.8 Å². The first kappa shape index (κ1) is 10.3. The van der Waals surface area contributed by atoms with Crippen LogP contribution < -0.4 is 5.32 Å². The number of fused-ring (bicyclic) bond motifs is 1. The van der Waals surface area contributed by atoms with Crippen molar-refractivity contribution in [3.8, 4) is 0 Å². The molecular formula is C10H12BrNOS. The molecule has 0 aromatic heterocycles. The highest BCUT2D eigenvalue weighted by Crippen LogP contribution is 2.35. The summed E-state index contributed by atoms with van der Waals surface area (Å²) in [6.45, 7) is 0.254. The fraction of sp³-hybridized carbons (Fsp3) is 0.400. The lowest BCUT2D eigenvalue weighted by molar-refractivity contribution is 0.282. The lowest BCUT2D eigenvalue weighted by atomic mass is 10.2. The topological polar surface area (TPSA) is 32.3 Å². The number of anilines is 1. The highest BCUT2D eigenvalue weighted by atomic mass is 79.9. The van der Waals surface area contributed by atoms with Crippen molar-refractivity contribution in [1.82, 2.24) is 0 Å². The first-order valence-electron chi connectivity index (χ1n) is 4.59. The molecule has 0 aliphatic carbocycles. The largest absolute Gasteiger partial charge is 0.396 e. The van der Waals surface area contributed by atoms with E-state index in [-0.39, 0.29) is 6.61 Å². The van der Waals surface area contributed by atoms with E-state index in [1.165, 1.54) is 10.6 Å². The summed E-state index contributed by atoms with van der Waals surface area (Å²) in [6, 6.07) is 6.64. The number of hydrogen-bond donors (Lipinski definition) is 2. The average molecular weight is 274 g/mol. The normalized spacial score (nSPS) is 20.0. The minimum absolute atomic E-state index is 0.254. The van der Waals surface area contributed by atoms with Gasteiger partial charge in [0.15, 0.2) is 0 Å². The van der Waals surface area contributed by atoms with Gasteiger partial charge < -0.3 is 10.4 Å². The number of thioether (sulfide) groups is 1. The summed E-state index contributed by atoms with van der Waals surface area (Å²) in [6.07, 6.45) is 0.822. The van der Waals surface area contributed by atoms with Gasteiger partial charge >= 0.3 is 0 Å². The Bertz CT molecular complexity index is 332. The van der Waals surface area contributed by atoms with Gasteiger partial charge in [0.25, 0.3) is 0 Å². The Kier molecular flexibility index (Phi) is 3.36. The maximum absolute atomic E-state index is 8.85. The molecular weight excluding hydrogens is 262 g/mol. The third-order valence-corrected chi connectivity index (χ3v) is 3.93. The first-order valence-corrected chi connectivity index (χ1v) is 6.37. The molecule has 0 fully saturated rings. The summed E-state index contributed by atoms with van der Waals surface area (Å²) in [5, 5.41) is 12.3. The molecule has 1 aromatic rings. The van der Waals surface area contributed by atoms with Crippen LogP contribution in [0.5, 0.6) is 0 Å². The summed E-state index contributed by atoms with van der Waals surface area (Å²) in [5.74, 6) is 1.03. The maximum atomic E-state index is 8.85. The predicted octanol–water partition coefficient (Wildman–Crippen LogP) is 2.72. The zero-order valence-corrected chi connectivity index (χ0v) is 10.1. The van der Waals surface area contributed by atoms with Gasteiger partial charge in [-0.3, -0.25) is 0 Å². The fourth-order valence-corrected chi connectivity index (χ4v) is 3.13. The van der Waals surface area contributed by atoms with Crippen LogP contribution in [0.15, 0.2) is 27.6 Å². The molecule has 76 valence electrons. The second-order valence-corrected chi connectivity index (χ2v) is 5.28. The van der Waals surface area contributed by atoms with Crippen molar-refractivity contribution in [2.24, 2.45) is 0 Å². The van der Waals surface area contributed by atoms with Crippen LogP contribution in [0.1, 0.15) is 6.42 Å². The van der Waals surface area contributed by atoms with E-state index in [4.69, 9.17) is 5.11 Å². The van der Waals surface area contributed by atoms with Gasteiger partial charge in [0, 0.05) is 33.5 Å². The SMILES string of the molecule is OCCC1CSc2cc(Br)ccc2N1. The summed E-state index contributed by atoms with van der Waals surface area (Å²) in [4.78, 5) is 1.29. The fourth-order valence-electron chi connectivity index (χ4n) is 1.50. The number of aliphatic hydroxyl groups is 1. The molecule has 0 amide bonds. The van der Waals surface area contributed by atoms with Gasteiger partial charge in [-0.25, -0.2) is 0 Å². The van der Waals surface area contributed by atoms with Gasteiger partial charge in [0.05, 0.1) is 0 Å². The third-order valence-electron chi connectivity index (χ3n) is 2.22. The standard InChI is InChI=1S/C10H12BrNOS/c11-7-1-2-9-10(5-7)14-6-8(12-9)3-4-13/h1-2,5,8,12-13H,3-4,6H2. The van der Waals surface area contributed by atoms with E-state index < -0.39 is 0 Å². The number of hydrogen-bond acceptors (Lipinski definition) is 3. The van der Waals surface area contributed by atoms with E-state index >= 15 is 0 Å². The third kappa shape index (κ3) is 2.24. The Balaban J connectivity index is 2.15. The number of benzene rings is 1. The maximum Gasteiger partial charge on any atom is 0.0481 e.